The molecule has 2 N–H and O–H groups in total. The number of para-hydroxylation sites is 1. The van der Waals surface area contributed by atoms with E-state index in [1.165, 1.54) is 5.56 Å². The first-order chi connectivity index (χ1) is 12.1. The van der Waals surface area contributed by atoms with Gasteiger partial charge in [0.05, 0.1) is 6.04 Å². The van der Waals surface area contributed by atoms with E-state index in [-0.39, 0.29) is 11.9 Å². The largest absolute Gasteiger partial charge is 0.349 e. The number of H-pyrrole nitrogens is 1. The standard InChI is InChI=1S/C18H20N4OS2/c1-21(2)15(13-8-9-25-12-13)10-19-17(23)16-11-20-18(24)22(16)14-6-4-3-5-7-14/h3-9,11-12,15H,10H2,1-2H3,(H,19,23)(H,20,24)/t15-/m1/s1. The van der Waals surface area contributed by atoms with Crippen LogP contribution in [0.1, 0.15) is 22.1 Å². The van der Waals surface area contributed by atoms with Crippen LogP contribution in [-0.4, -0.2) is 41.0 Å². The molecular formula is C18H20N4OS2. The molecule has 130 valence electrons. The number of thiophene rings is 1. The molecule has 0 aliphatic heterocycles. The molecule has 2 aromatic heterocycles. The van der Waals surface area contributed by atoms with E-state index in [0.29, 0.717) is 17.0 Å². The number of aromatic amines is 1. The first kappa shape index (κ1) is 17.6. The second kappa shape index (κ2) is 7.77. The van der Waals surface area contributed by atoms with Gasteiger partial charge in [-0.25, -0.2) is 0 Å². The van der Waals surface area contributed by atoms with Crippen molar-refractivity contribution in [2.24, 2.45) is 0 Å². The fraction of sp³-hybridized carbons (Fsp3) is 0.222. The van der Waals surface area contributed by atoms with E-state index in [1.807, 2.05) is 49.8 Å². The van der Waals surface area contributed by atoms with Gasteiger partial charge in [0, 0.05) is 18.4 Å². The number of carbonyl (C=O) groups excluding carboxylic acids is 1. The van der Waals surface area contributed by atoms with E-state index < -0.39 is 0 Å². The third-order valence-electron chi connectivity index (χ3n) is 4.03. The number of hydrogen-bond acceptors (Lipinski definition) is 4. The minimum Gasteiger partial charge on any atom is -0.349 e. The summed E-state index contributed by atoms with van der Waals surface area (Å²) in [4.78, 5) is 17.8. The fourth-order valence-electron chi connectivity index (χ4n) is 2.71. The highest BCUT2D eigenvalue weighted by Crippen LogP contribution is 2.20. The summed E-state index contributed by atoms with van der Waals surface area (Å²) < 4.78 is 2.25. The molecule has 0 saturated heterocycles. The summed E-state index contributed by atoms with van der Waals surface area (Å²) in [5.41, 5.74) is 2.56. The summed E-state index contributed by atoms with van der Waals surface area (Å²) in [5, 5.41) is 7.19. The second-order valence-corrected chi connectivity index (χ2v) is 7.06. The van der Waals surface area contributed by atoms with Crippen LogP contribution in [0.3, 0.4) is 0 Å². The number of aromatic nitrogens is 2. The fourth-order valence-corrected chi connectivity index (χ4v) is 3.68. The number of hydrogen-bond donors (Lipinski definition) is 2. The third kappa shape index (κ3) is 3.89. The molecule has 0 bridgehead atoms. The van der Waals surface area contributed by atoms with Gasteiger partial charge in [0.2, 0.25) is 0 Å². The molecule has 2 heterocycles. The second-order valence-electron chi connectivity index (χ2n) is 5.90. The summed E-state index contributed by atoms with van der Waals surface area (Å²) in [6.45, 7) is 0.523. The molecule has 0 aliphatic carbocycles. The zero-order valence-electron chi connectivity index (χ0n) is 14.1. The topological polar surface area (TPSA) is 53.1 Å². The number of carbonyl (C=O) groups is 1. The van der Waals surface area contributed by atoms with Crippen LogP contribution in [-0.2, 0) is 0 Å². The van der Waals surface area contributed by atoms with Gasteiger partial charge < -0.3 is 15.2 Å². The van der Waals surface area contributed by atoms with Crippen molar-refractivity contribution >= 4 is 29.5 Å². The smallest absolute Gasteiger partial charge is 0.269 e. The molecule has 1 amide bonds. The van der Waals surface area contributed by atoms with Crippen molar-refractivity contribution < 1.29 is 4.79 Å². The van der Waals surface area contributed by atoms with Crippen molar-refractivity contribution in [3.63, 3.8) is 0 Å². The van der Waals surface area contributed by atoms with E-state index in [9.17, 15) is 4.79 Å². The average molecular weight is 373 g/mol. The number of nitrogens with zero attached hydrogens (tertiary/aromatic N) is 2. The summed E-state index contributed by atoms with van der Waals surface area (Å²) >= 11 is 6.99. The van der Waals surface area contributed by atoms with Crippen LogP contribution in [0.2, 0.25) is 0 Å². The molecular weight excluding hydrogens is 352 g/mol. The van der Waals surface area contributed by atoms with E-state index >= 15 is 0 Å². The Kier molecular flexibility index (Phi) is 5.47. The van der Waals surface area contributed by atoms with Crippen LogP contribution in [0, 0.1) is 4.77 Å². The number of nitrogens with one attached hydrogen (secondary N) is 2. The molecule has 0 spiro atoms. The highest BCUT2D eigenvalue weighted by molar-refractivity contribution is 7.71. The maximum atomic E-state index is 12.7. The minimum absolute atomic E-state index is 0.127. The van der Waals surface area contributed by atoms with E-state index in [4.69, 9.17) is 12.2 Å². The Labute approximate surface area is 155 Å². The van der Waals surface area contributed by atoms with Gasteiger partial charge in [-0.2, -0.15) is 11.3 Å². The van der Waals surface area contributed by atoms with Crippen molar-refractivity contribution in [3.8, 4) is 5.69 Å². The summed E-state index contributed by atoms with van der Waals surface area (Å²) in [5.74, 6) is -0.154. The van der Waals surface area contributed by atoms with Crippen LogP contribution in [0.5, 0.6) is 0 Å². The van der Waals surface area contributed by atoms with Crippen LogP contribution < -0.4 is 5.32 Å². The predicted molar refractivity (Wildman–Crippen MR) is 104 cm³/mol. The molecule has 3 rings (SSSR count). The van der Waals surface area contributed by atoms with Crippen molar-refractivity contribution in [2.45, 2.75) is 6.04 Å². The van der Waals surface area contributed by atoms with Gasteiger partial charge in [-0.3, -0.25) is 9.36 Å². The Balaban J connectivity index is 1.80. The SMILES string of the molecule is CN(C)[C@H](CNC(=O)c1c[nH]c(=S)n1-c1ccccc1)c1ccsc1. The van der Waals surface area contributed by atoms with E-state index in [1.54, 1.807) is 22.1 Å². The molecule has 0 saturated carbocycles. The predicted octanol–water partition coefficient (Wildman–Crippen LogP) is 3.63. The van der Waals surface area contributed by atoms with Gasteiger partial charge >= 0.3 is 0 Å². The molecule has 0 fully saturated rings. The van der Waals surface area contributed by atoms with Crippen molar-refractivity contribution in [1.82, 2.24) is 19.8 Å². The molecule has 0 radical (unpaired) electrons. The number of rotatable bonds is 6. The van der Waals surface area contributed by atoms with Gasteiger partial charge in [0.25, 0.3) is 5.91 Å². The Morgan fingerprint density at radius 1 is 1.32 bits per heavy atom. The van der Waals surface area contributed by atoms with Gasteiger partial charge in [0.1, 0.15) is 5.69 Å². The Morgan fingerprint density at radius 2 is 2.08 bits per heavy atom. The average Bonchev–Trinajstić information content (AvgIpc) is 3.25. The Morgan fingerprint density at radius 3 is 2.72 bits per heavy atom. The van der Waals surface area contributed by atoms with Gasteiger partial charge in [-0.05, 0) is 60.8 Å². The zero-order chi connectivity index (χ0) is 17.8. The highest BCUT2D eigenvalue weighted by atomic mass is 32.1. The number of amides is 1. The number of benzene rings is 1. The summed E-state index contributed by atoms with van der Waals surface area (Å²) in [7, 11) is 4.02. The maximum absolute atomic E-state index is 12.7. The number of imidazole rings is 1. The van der Waals surface area contributed by atoms with Crippen LogP contribution in [0.15, 0.2) is 53.4 Å². The van der Waals surface area contributed by atoms with Gasteiger partial charge in [0.15, 0.2) is 4.77 Å². The molecule has 7 heteroatoms. The lowest BCUT2D eigenvalue weighted by Gasteiger charge is -2.24. The van der Waals surface area contributed by atoms with Crippen LogP contribution >= 0.6 is 23.6 Å². The molecule has 1 atom stereocenters. The number of likely N-dealkylation sites (N-methyl/N-ethyl adjacent to an activating group) is 1. The first-order valence-corrected chi connectivity index (χ1v) is 9.25. The quantitative estimate of drug-likeness (QED) is 0.650. The first-order valence-electron chi connectivity index (χ1n) is 7.90. The zero-order valence-corrected chi connectivity index (χ0v) is 15.7. The molecule has 5 nitrogen and oxygen atoms in total. The highest BCUT2D eigenvalue weighted by Gasteiger charge is 2.18. The normalized spacial score (nSPS) is 12.3. The summed E-state index contributed by atoms with van der Waals surface area (Å²) in [6.07, 6.45) is 1.65. The molecule has 0 aliphatic rings. The Bertz CT molecular complexity index is 881. The van der Waals surface area contributed by atoms with Crippen LogP contribution in [0.25, 0.3) is 5.69 Å². The lowest BCUT2D eigenvalue weighted by atomic mass is 10.1. The van der Waals surface area contributed by atoms with Crippen molar-refractivity contribution in [1.29, 1.82) is 0 Å². The Hall–Kier alpha value is -2.22. The van der Waals surface area contributed by atoms with Gasteiger partial charge in [-0.1, -0.05) is 18.2 Å². The van der Waals surface area contributed by atoms with Crippen molar-refractivity contribution in [3.05, 3.63) is 69.4 Å². The molecule has 1 aromatic carbocycles. The lowest BCUT2D eigenvalue weighted by molar-refractivity contribution is 0.0935. The molecule has 3 aromatic rings. The van der Waals surface area contributed by atoms with Crippen LogP contribution in [0.4, 0.5) is 0 Å². The van der Waals surface area contributed by atoms with E-state index in [0.717, 1.165) is 5.69 Å². The van der Waals surface area contributed by atoms with Gasteiger partial charge in [-0.15, -0.1) is 0 Å². The molecule has 0 unspecified atom stereocenters. The minimum atomic E-state index is -0.154. The lowest BCUT2D eigenvalue weighted by Crippen LogP contribution is -2.35. The maximum Gasteiger partial charge on any atom is 0.269 e. The monoisotopic (exact) mass is 372 g/mol. The van der Waals surface area contributed by atoms with Crippen molar-refractivity contribution in [2.75, 3.05) is 20.6 Å². The summed E-state index contributed by atoms with van der Waals surface area (Å²) in [6, 6.07) is 11.8. The van der Waals surface area contributed by atoms with E-state index in [2.05, 4.69) is 26.6 Å². The third-order valence-corrected chi connectivity index (χ3v) is 5.03. The molecule has 25 heavy (non-hydrogen) atoms.